The van der Waals surface area contributed by atoms with Gasteiger partial charge >= 0.3 is 6.18 Å². The predicted molar refractivity (Wildman–Crippen MR) is 64.7 cm³/mol. The molecule has 4 nitrogen and oxygen atoms in total. The number of benzene rings is 1. The van der Waals surface area contributed by atoms with Gasteiger partial charge in [-0.15, -0.1) is 0 Å². The van der Waals surface area contributed by atoms with Gasteiger partial charge in [-0.2, -0.15) is 13.2 Å². The van der Waals surface area contributed by atoms with Crippen LogP contribution >= 0.6 is 0 Å². The number of amides is 1. The first-order valence-corrected chi connectivity index (χ1v) is 5.60. The zero-order valence-corrected chi connectivity index (χ0v) is 10.4. The maximum absolute atomic E-state index is 12.7. The molecule has 0 aliphatic heterocycles. The Kier molecular flexibility index (Phi) is 5.31. The summed E-state index contributed by atoms with van der Waals surface area (Å²) < 4.78 is 42.9. The molecular formula is C12H15F3N2O2. The highest BCUT2D eigenvalue weighted by Gasteiger charge is 2.32. The maximum atomic E-state index is 12.7. The first kappa shape index (κ1) is 15.5. The average molecular weight is 276 g/mol. The first-order valence-electron chi connectivity index (χ1n) is 5.60. The molecule has 1 aromatic carbocycles. The van der Waals surface area contributed by atoms with Gasteiger partial charge in [0.15, 0.2) is 0 Å². The van der Waals surface area contributed by atoms with Crippen LogP contribution < -0.4 is 11.1 Å². The number of alkyl halides is 3. The molecule has 0 saturated heterocycles. The molecule has 0 saturated carbocycles. The van der Waals surface area contributed by atoms with E-state index in [2.05, 4.69) is 5.32 Å². The Bertz CT molecular complexity index is 447. The van der Waals surface area contributed by atoms with Gasteiger partial charge in [0.2, 0.25) is 5.91 Å². The summed E-state index contributed by atoms with van der Waals surface area (Å²) in [4.78, 5) is 11.4. The summed E-state index contributed by atoms with van der Waals surface area (Å²) in [5.74, 6) is -0.523. The molecule has 0 bridgehead atoms. The fourth-order valence-electron chi connectivity index (χ4n) is 1.45. The van der Waals surface area contributed by atoms with Crippen molar-refractivity contribution < 1.29 is 22.7 Å². The van der Waals surface area contributed by atoms with E-state index in [0.717, 1.165) is 6.07 Å². The number of hydrogen-bond acceptors (Lipinski definition) is 3. The van der Waals surface area contributed by atoms with Crippen LogP contribution in [-0.2, 0) is 15.7 Å². The summed E-state index contributed by atoms with van der Waals surface area (Å²) >= 11 is 0. The van der Waals surface area contributed by atoms with Crippen LogP contribution in [0, 0.1) is 6.92 Å². The third kappa shape index (κ3) is 4.88. The topological polar surface area (TPSA) is 64.3 Å². The van der Waals surface area contributed by atoms with Crippen molar-refractivity contribution in [3.8, 4) is 0 Å². The van der Waals surface area contributed by atoms with Gasteiger partial charge in [0.1, 0.15) is 6.61 Å². The Labute approximate surface area is 108 Å². The van der Waals surface area contributed by atoms with Crippen molar-refractivity contribution in [2.75, 3.05) is 25.1 Å². The van der Waals surface area contributed by atoms with Crippen molar-refractivity contribution in [2.24, 2.45) is 5.73 Å². The lowest BCUT2D eigenvalue weighted by atomic mass is 10.1. The second-order valence-electron chi connectivity index (χ2n) is 3.92. The van der Waals surface area contributed by atoms with E-state index in [4.69, 9.17) is 10.5 Å². The molecule has 0 spiro atoms. The summed E-state index contributed by atoms with van der Waals surface area (Å²) in [6, 6.07) is 3.61. The largest absolute Gasteiger partial charge is 0.416 e. The molecule has 0 heterocycles. The van der Waals surface area contributed by atoms with Crippen LogP contribution in [0.15, 0.2) is 18.2 Å². The molecule has 0 aliphatic rings. The SMILES string of the molecule is Cc1ccc(NC(=O)COCCN)cc1C(F)(F)F. The van der Waals surface area contributed by atoms with Crippen LogP contribution in [0.2, 0.25) is 0 Å². The van der Waals surface area contributed by atoms with Crippen LogP contribution in [0.25, 0.3) is 0 Å². The summed E-state index contributed by atoms with van der Waals surface area (Å²) in [6.45, 7) is 1.61. The molecule has 106 valence electrons. The van der Waals surface area contributed by atoms with E-state index < -0.39 is 17.6 Å². The number of aryl methyl sites for hydroxylation is 1. The van der Waals surface area contributed by atoms with E-state index in [1.807, 2.05) is 0 Å². The molecule has 1 rings (SSSR count). The maximum Gasteiger partial charge on any atom is 0.416 e. The van der Waals surface area contributed by atoms with Gasteiger partial charge in [-0.25, -0.2) is 0 Å². The minimum atomic E-state index is -4.44. The molecule has 19 heavy (non-hydrogen) atoms. The van der Waals surface area contributed by atoms with Gasteiger partial charge in [0.05, 0.1) is 12.2 Å². The van der Waals surface area contributed by atoms with Gasteiger partial charge in [-0.1, -0.05) is 6.07 Å². The van der Waals surface area contributed by atoms with Crippen LogP contribution in [-0.4, -0.2) is 25.7 Å². The Morgan fingerprint density at radius 2 is 2.11 bits per heavy atom. The van der Waals surface area contributed by atoms with E-state index in [1.165, 1.54) is 19.1 Å². The normalized spacial score (nSPS) is 11.4. The molecular weight excluding hydrogens is 261 g/mol. The van der Waals surface area contributed by atoms with E-state index >= 15 is 0 Å². The first-order chi connectivity index (χ1) is 8.84. The predicted octanol–water partition coefficient (Wildman–Crippen LogP) is 1.93. The summed E-state index contributed by atoms with van der Waals surface area (Å²) in [6.07, 6.45) is -4.44. The minimum absolute atomic E-state index is 0.0827. The molecule has 1 amide bonds. The molecule has 0 aromatic heterocycles. The molecule has 0 atom stereocenters. The quantitative estimate of drug-likeness (QED) is 0.808. The van der Waals surface area contributed by atoms with Gasteiger partial charge in [0.25, 0.3) is 0 Å². The Morgan fingerprint density at radius 1 is 1.42 bits per heavy atom. The number of carbonyl (C=O) groups excluding carboxylic acids is 1. The Balaban J connectivity index is 2.72. The number of nitrogens with one attached hydrogen (secondary N) is 1. The summed E-state index contributed by atoms with van der Waals surface area (Å²) in [7, 11) is 0. The minimum Gasteiger partial charge on any atom is -0.370 e. The molecule has 7 heteroatoms. The lowest BCUT2D eigenvalue weighted by Crippen LogP contribution is -2.21. The third-order valence-corrected chi connectivity index (χ3v) is 2.32. The summed E-state index contributed by atoms with van der Waals surface area (Å²) in [5, 5.41) is 2.34. The molecule has 3 N–H and O–H groups in total. The number of anilines is 1. The van der Waals surface area contributed by atoms with Gasteiger partial charge < -0.3 is 15.8 Å². The van der Waals surface area contributed by atoms with Crippen molar-refractivity contribution in [1.29, 1.82) is 0 Å². The molecule has 0 fully saturated rings. The second-order valence-corrected chi connectivity index (χ2v) is 3.92. The highest BCUT2D eigenvalue weighted by molar-refractivity contribution is 5.91. The van der Waals surface area contributed by atoms with Crippen LogP contribution in [0.4, 0.5) is 18.9 Å². The fourth-order valence-corrected chi connectivity index (χ4v) is 1.45. The monoisotopic (exact) mass is 276 g/mol. The van der Waals surface area contributed by atoms with Crippen LogP contribution in [0.3, 0.4) is 0 Å². The number of rotatable bonds is 5. The van der Waals surface area contributed by atoms with Crippen LogP contribution in [0.5, 0.6) is 0 Å². The average Bonchev–Trinajstić information content (AvgIpc) is 2.30. The van der Waals surface area contributed by atoms with Gasteiger partial charge in [-0.3, -0.25) is 4.79 Å². The smallest absolute Gasteiger partial charge is 0.370 e. The van der Waals surface area contributed by atoms with Crippen LogP contribution in [0.1, 0.15) is 11.1 Å². The fraction of sp³-hybridized carbons (Fsp3) is 0.417. The van der Waals surface area contributed by atoms with Crippen molar-refractivity contribution >= 4 is 11.6 Å². The summed E-state index contributed by atoms with van der Waals surface area (Å²) in [5.41, 5.74) is 4.58. The molecule has 1 aromatic rings. The number of halogens is 3. The van der Waals surface area contributed by atoms with Gasteiger partial charge in [0, 0.05) is 12.2 Å². The molecule has 0 aliphatic carbocycles. The standard InChI is InChI=1S/C12H15F3N2O2/c1-8-2-3-9(6-10(8)12(13,14)15)17-11(18)7-19-5-4-16/h2-3,6H,4-5,7,16H2,1H3,(H,17,18). The van der Waals surface area contributed by atoms with Crippen molar-refractivity contribution in [2.45, 2.75) is 13.1 Å². The molecule has 0 unspecified atom stereocenters. The number of nitrogens with two attached hydrogens (primary N) is 1. The zero-order valence-electron chi connectivity index (χ0n) is 10.4. The number of ether oxygens (including phenoxy) is 1. The zero-order chi connectivity index (χ0) is 14.5. The third-order valence-electron chi connectivity index (χ3n) is 2.32. The van der Waals surface area contributed by atoms with Crippen molar-refractivity contribution in [3.05, 3.63) is 29.3 Å². The lowest BCUT2D eigenvalue weighted by molar-refractivity contribution is -0.138. The highest BCUT2D eigenvalue weighted by atomic mass is 19.4. The second kappa shape index (κ2) is 6.53. The van der Waals surface area contributed by atoms with E-state index in [9.17, 15) is 18.0 Å². The highest BCUT2D eigenvalue weighted by Crippen LogP contribution is 2.33. The van der Waals surface area contributed by atoms with Gasteiger partial charge in [-0.05, 0) is 24.6 Å². The lowest BCUT2D eigenvalue weighted by Gasteiger charge is -2.12. The van der Waals surface area contributed by atoms with E-state index in [0.29, 0.717) is 0 Å². The Hall–Kier alpha value is -1.60. The number of carbonyl (C=O) groups is 1. The van der Waals surface area contributed by atoms with Crippen molar-refractivity contribution in [3.63, 3.8) is 0 Å². The molecule has 0 radical (unpaired) electrons. The number of hydrogen-bond donors (Lipinski definition) is 2. The van der Waals surface area contributed by atoms with Crippen molar-refractivity contribution in [1.82, 2.24) is 0 Å². The van der Waals surface area contributed by atoms with E-state index in [-0.39, 0.29) is 31.0 Å². The Morgan fingerprint density at radius 3 is 2.68 bits per heavy atom. The van der Waals surface area contributed by atoms with E-state index in [1.54, 1.807) is 0 Å².